The third-order valence-electron chi connectivity index (χ3n) is 3.77. The molecule has 27 heavy (non-hydrogen) atoms. The maximum atomic E-state index is 12.4. The number of benzene rings is 2. The Bertz CT molecular complexity index is 951. The zero-order valence-electron chi connectivity index (χ0n) is 15.5. The first kappa shape index (κ1) is 20.4. The van der Waals surface area contributed by atoms with Gasteiger partial charge < -0.3 is 9.47 Å². The summed E-state index contributed by atoms with van der Waals surface area (Å²) in [6, 6.07) is 10.8. The molecule has 7 nitrogen and oxygen atoms in total. The van der Waals surface area contributed by atoms with E-state index in [4.69, 9.17) is 9.47 Å². The minimum atomic E-state index is -3.40. The van der Waals surface area contributed by atoms with Crippen molar-refractivity contribution >= 4 is 27.5 Å². The zero-order valence-corrected chi connectivity index (χ0v) is 16.3. The number of ketones is 1. The van der Waals surface area contributed by atoms with Crippen molar-refractivity contribution in [3.05, 3.63) is 59.2 Å². The molecule has 0 spiro atoms. The molecule has 0 radical (unpaired) electrons. The quantitative estimate of drug-likeness (QED) is 0.576. The molecule has 0 aliphatic heterocycles. The number of anilines is 1. The first-order valence-electron chi connectivity index (χ1n) is 8.08. The summed E-state index contributed by atoms with van der Waals surface area (Å²) in [5.41, 5.74) is 1.80. The maximum absolute atomic E-state index is 12.4. The molecule has 0 aliphatic carbocycles. The number of hydrogen-bond acceptors (Lipinski definition) is 6. The van der Waals surface area contributed by atoms with Crippen molar-refractivity contribution in [3.63, 3.8) is 0 Å². The summed E-state index contributed by atoms with van der Waals surface area (Å²) in [6.45, 7) is 3.33. The Hall–Kier alpha value is -2.87. The van der Waals surface area contributed by atoms with E-state index < -0.39 is 27.9 Å². The number of ether oxygens (including phenoxy) is 2. The van der Waals surface area contributed by atoms with Crippen LogP contribution in [0.5, 0.6) is 5.75 Å². The van der Waals surface area contributed by atoms with Crippen LogP contribution in [-0.4, -0.2) is 39.6 Å². The van der Waals surface area contributed by atoms with Crippen molar-refractivity contribution in [3.8, 4) is 5.75 Å². The molecule has 0 saturated heterocycles. The predicted molar refractivity (Wildman–Crippen MR) is 102 cm³/mol. The molecule has 144 valence electrons. The number of nitrogens with one attached hydrogen (secondary N) is 1. The highest BCUT2D eigenvalue weighted by Gasteiger charge is 2.21. The van der Waals surface area contributed by atoms with E-state index >= 15 is 0 Å². The Balaban J connectivity index is 2.07. The summed E-state index contributed by atoms with van der Waals surface area (Å²) in [6.07, 6.45) is 0.0340. The summed E-state index contributed by atoms with van der Waals surface area (Å²) in [4.78, 5) is 24.7. The Morgan fingerprint density at radius 1 is 1.04 bits per heavy atom. The van der Waals surface area contributed by atoms with Crippen LogP contribution in [0.2, 0.25) is 0 Å². The lowest BCUT2D eigenvalue weighted by molar-refractivity contribution is 0.0318. The molecular weight excluding hydrogens is 370 g/mol. The van der Waals surface area contributed by atoms with Gasteiger partial charge >= 0.3 is 5.97 Å². The number of sulfonamides is 1. The van der Waals surface area contributed by atoms with Gasteiger partial charge in [-0.2, -0.15) is 0 Å². The van der Waals surface area contributed by atoms with Crippen molar-refractivity contribution in [2.24, 2.45) is 0 Å². The van der Waals surface area contributed by atoms with Crippen LogP contribution >= 0.6 is 0 Å². The number of hydrogen-bond donors (Lipinski definition) is 1. The summed E-state index contributed by atoms with van der Waals surface area (Å²) in [5, 5.41) is 0. The lowest BCUT2D eigenvalue weighted by Gasteiger charge is -2.14. The van der Waals surface area contributed by atoms with Gasteiger partial charge in [0, 0.05) is 11.3 Å². The average Bonchev–Trinajstić information content (AvgIpc) is 2.60. The molecule has 0 bridgehead atoms. The SMILES string of the molecule is COc1cc(C(=O)O[C@H](C)C(=O)c2ccc(NS(C)(=O)=O)cc2)ccc1C. The number of esters is 1. The standard InChI is InChI=1S/C19H21NO6S/c1-12-5-6-15(11-17(12)25-3)19(22)26-13(2)18(21)14-7-9-16(10-8-14)20-27(4,23)24/h5-11,13,20H,1-4H3/t13-/m1/s1. The van der Waals surface area contributed by atoms with Gasteiger partial charge in [-0.15, -0.1) is 0 Å². The van der Waals surface area contributed by atoms with E-state index in [1.165, 1.54) is 38.3 Å². The summed E-state index contributed by atoms with van der Waals surface area (Å²) < 4.78 is 35.1. The molecule has 0 amide bonds. The van der Waals surface area contributed by atoms with Crippen molar-refractivity contribution < 1.29 is 27.5 Å². The van der Waals surface area contributed by atoms with E-state index in [1.807, 2.05) is 6.92 Å². The molecule has 0 saturated carbocycles. The number of carbonyl (C=O) groups excluding carboxylic acids is 2. The number of methoxy groups -OCH3 is 1. The van der Waals surface area contributed by atoms with Gasteiger partial charge in [-0.25, -0.2) is 13.2 Å². The van der Waals surface area contributed by atoms with E-state index in [0.29, 0.717) is 17.0 Å². The van der Waals surface area contributed by atoms with Crippen LogP contribution in [0.4, 0.5) is 5.69 Å². The molecule has 0 unspecified atom stereocenters. The average molecular weight is 391 g/mol. The van der Waals surface area contributed by atoms with Gasteiger partial charge in [0.25, 0.3) is 0 Å². The number of carbonyl (C=O) groups is 2. The fraction of sp³-hybridized carbons (Fsp3) is 0.263. The fourth-order valence-electron chi connectivity index (χ4n) is 2.38. The van der Waals surface area contributed by atoms with Crippen molar-refractivity contribution in [1.29, 1.82) is 0 Å². The highest BCUT2D eigenvalue weighted by Crippen LogP contribution is 2.20. The molecule has 0 fully saturated rings. The molecule has 2 rings (SSSR count). The molecule has 2 aromatic carbocycles. The Morgan fingerprint density at radius 3 is 2.19 bits per heavy atom. The van der Waals surface area contributed by atoms with E-state index in [0.717, 1.165) is 11.8 Å². The van der Waals surface area contributed by atoms with Crippen LogP contribution in [0.25, 0.3) is 0 Å². The van der Waals surface area contributed by atoms with Crippen LogP contribution in [0, 0.1) is 6.92 Å². The van der Waals surface area contributed by atoms with Gasteiger partial charge in [0.15, 0.2) is 6.10 Å². The molecule has 0 heterocycles. The minimum Gasteiger partial charge on any atom is -0.496 e. The van der Waals surface area contributed by atoms with Crippen LogP contribution in [-0.2, 0) is 14.8 Å². The first-order chi connectivity index (χ1) is 12.6. The van der Waals surface area contributed by atoms with Gasteiger partial charge in [-0.1, -0.05) is 6.07 Å². The summed E-state index contributed by atoms with van der Waals surface area (Å²) in [5.74, 6) is -0.477. The number of aryl methyl sites for hydroxylation is 1. The third-order valence-corrected chi connectivity index (χ3v) is 4.38. The highest BCUT2D eigenvalue weighted by molar-refractivity contribution is 7.92. The molecule has 2 aromatic rings. The lowest BCUT2D eigenvalue weighted by atomic mass is 10.1. The Labute approximate surface area is 158 Å². The van der Waals surface area contributed by atoms with Gasteiger partial charge in [0.05, 0.1) is 18.9 Å². The summed E-state index contributed by atoms with van der Waals surface area (Å²) in [7, 11) is -1.89. The van der Waals surface area contributed by atoms with Crippen molar-refractivity contribution in [2.75, 3.05) is 18.1 Å². The van der Waals surface area contributed by atoms with Crippen molar-refractivity contribution in [2.45, 2.75) is 20.0 Å². The van der Waals surface area contributed by atoms with Gasteiger partial charge in [0.1, 0.15) is 5.75 Å². The molecule has 0 aromatic heterocycles. The zero-order chi connectivity index (χ0) is 20.2. The first-order valence-corrected chi connectivity index (χ1v) is 9.97. The molecule has 0 aliphatic rings. The summed E-state index contributed by atoms with van der Waals surface area (Å²) >= 11 is 0. The monoisotopic (exact) mass is 391 g/mol. The fourth-order valence-corrected chi connectivity index (χ4v) is 2.94. The lowest BCUT2D eigenvalue weighted by Crippen LogP contribution is -2.24. The number of Topliss-reactive ketones (excluding diaryl/α,β-unsaturated/α-hetero) is 1. The van der Waals surface area contributed by atoms with E-state index in [2.05, 4.69) is 4.72 Å². The van der Waals surface area contributed by atoms with E-state index in [9.17, 15) is 18.0 Å². The topological polar surface area (TPSA) is 98.8 Å². The number of rotatable bonds is 7. The molecule has 1 atom stereocenters. The van der Waals surface area contributed by atoms with E-state index in [1.54, 1.807) is 18.2 Å². The van der Waals surface area contributed by atoms with Gasteiger partial charge in [-0.3, -0.25) is 9.52 Å². The van der Waals surface area contributed by atoms with Crippen LogP contribution in [0.3, 0.4) is 0 Å². The molecular formula is C19H21NO6S. The minimum absolute atomic E-state index is 0.282. The maximum Gasteiger partial charge on any atom is 0.338 e. The second-order valence-corrected chi connectivity index (χ2v) is 7.80. The third kappa shape index (κ3) is 5.55. The van der Waals surface area contributed by atoms with Gasteiger partial charge in [0.2, 0.25) is 15.8 Å². The second-order valence-electron chi connectivity index (χ2n) is 6.05. The largest absolute Gasteiger partial charge is 0.496 e. The van der Waals surface area contributed by atoms with Crippen LogP contribution < -0.4 is 9.46 Å². The van der Waals surface area contributed by atoms with E-state index in [-0.39, 0.29) is 5.56 Å². The second kappa shape index (κ2) is 8.22. The predicted octanol–water partition coefficient (Wildman–Crippen LogP) is 2.80. The smallest absolute Gasteiger partial charge is 0.338 e. The normalized spacial score (nSPS) is 12.1. The molecule has 8 heteroatoms. The van der Waals surface area contributed by atoms with Gasteiger partial charge in [-0.05, 0) is 55.8 Å². The molecule has 1 N–H and O–H groups in total. The van der Waals surface area contributed by atoms with Crippen LogP contribution in [0.15, 0.2) is 42.5 Å². The van der Waals surface area contributed by atoms with Crippen LogP contribution in [0.1, 0.15) is 33.2 Å². The highest BCUT2D eigenvalue weighted by atomic mass is 32.2. The Morgan fingerprint density at radius 2 is 1.63 bits per heavy atom. The van der Waals surface area contributed by atoms with Crippen molar-refractivity contribution in [1.82, 2.24) is 0 Å². The Kier molecular flexibility index (Phi) is 6.22.